The van der Waals surface area contributed by atoms with Crippen LogP contribution in [0.25, 0.3) is 0 Å². The van der Waals surface area contributed by atoms with Crippen LogP contribution in [0.2, 0.25) is 0 Å². The quantitative estimate of drug-likeness (QED) is 0.713. The van der Waals surface area contributed by atoms with Crippen molar-refractivity contribution in [1.82, 2.24) is 9.21 Å². The molecule has 0 saturated carbocycles. The van der Waals surface area contributed by atoms with Gasteiger partial charge in [0.1, 0.15) is 11.6 Å². The van der Waals surface area contributed by atoms with Gasteiger partial charge in [0.05, 0.1) is 10.5 Å². The molecule has 0 bridgehead atoms. The van der Waals surface area contributed by atoms with E-state index in [9.17, 15) is 26.8 Å². The van der Waals surface area contributed by atoms with Crippen molar-refractivity contribution < 1.29 is 26.8 Å². The fourth-order valence-electron chi connectivity index (χ4n) is 3.73. The number of amides is 2. The van der Waals surface area contributed by atoms with Gasteiger partial charge in [0.15, 0.2) is 0 Å². The van der Waals surface area contributed by atoms with Gasteiger partial charge in [0.25, 0.3) is 5.91 Å². The predicted molar refractivity (Wildman–Crippen MR) is 120 cm³/mol. The standard InChI is InChI=1S/C23H27F2N3O4S/c1-14-11-18(33(31,32)27(3)4)13-21(15(14)2)26-22(29)16-7-9-28(10-8-16)23(30)19-6-5-17(24)12-20(19)25/h5-6,11-13,16H,7-10H2,1-4H3,(H,26,29). The maximum absolute atomic E-state index is 13.9. The molecule has 0 aromatic heterocycles. The number of likely N-dealkylation sites (tertiary alicyclic amines) is 1. The maximum Gasteiger partial charge on any atom is 0.256 e. The van der Waals surface area contributed by atoms with E-state index in [2.05, 4.69) is 5.32 Å². The van der Waals surface area contributed by atoms with Crippen LogP contribution in [0.15, 0.2) is 35.2 Å². The number of aryl methyl sites for hydroxylation is 1. The molecule has 7 nitrogen and oxygen atoms in total. The predicted octanol–water partition coefficient (Wildman–Crippen LogP) is 3.32. The topological polar surface area (TPSA) is 86.8 Å². The van der Waals surface area contributed by atoms with Gasteiger partial charge in [-0.05, 0) is 62.1 Å². The van der Waals surface area contributed by atoms with Crippen LogP contribution in [0.5, 0.6) is 0 Å². The molecule has 1 heterocycles. The molecule has 1 aliphatic rings. The highest BCUT2D eigenvalue weighted by Gasteiger charge is 2.29. The third kappa shape index (κ3) is 5.22. The molecule has 1 aliphatic heterocycles. The lowest BCUT2D eigenvalue weighted by Gasteiger charge is -2.31. The maximum atomic E-state index is 13.9. The SMILES string of the molecule is Cc1cc(S(=O)(=O)N(C)C)cc(NC(=O)C2CCN(C(=O)c3ccc(F)cc3F)CC2)c1C. The number of halogens is 2. The van der Waals surface area contributed by atoms with Gasteiger partial charge in [0, 0.05) is 44.9 Å². The number of carbonyl (C=O) groups is 2. The lowest BCUT2D eigenvalue weighted by Crippen LogP contribution is -2.41. The summed E-state index contributed by atoms with van der Waals surface area (Å²) in [5, 5.41) is 2.84. The molecule has 10 heteroatoms. The van der Waals surface area contributed by atoms with Gasteiger partial charge in [-0.2, -0.15) is 0 Å². The Kier molecular flexibility index (Phi) is 7.18. The van der Waals surface area contributed by atoms with Gasteiger partial charge in [-0.1, -0.05) is 0 Å². The van der Waals surface area contributed by atoms with Crippen molar-refractivity contribution in [1.29, 1.82) is 0 Å². The minimum Gasteiger partial charge on any atom is -0.339 e. The second kappa shape index (κ2) is 9.56. The van der Waals surface area contributed by atoms with Crippen molar-refractivity contribution in [2.45, 2.75) is 31.6 Å². The Hall–Kier alpha value is -2.85. The molecule has 2 aromatic carbocycles. The highest BCUT2D eigenvalue weighted by Crippen LogP contribution is 2.28. The summed E-state index contributed by atoms with van der Waals surface area (Å²) >= 11 is 0. The number of rotatable bonds is 5. The third-order valence-corrected chi connectivity index (χ3v) is 7.78. The van der Waals surface area contributed by atoms with Crippen molar-refractivity contribution in [3.05, 3.63) is 58.7 Å². The molecule has 1 fully saturated rings. The summed E-state index contributed by atoms with van der Waals surface area (Å²) in [6.07, 6.45) is 0.738. The smallest absolute Gasteiger partial charge is 0.256 e. The molecular formula is C23H27F2N3O4S. The first-order chi connectivity index (χ1) is 15.4. The zero-order valence-corrected chi connectivity index (χ0v) is 19.8. The minimum absolute atomic E-state index is 0.0904. The van der Waals surface area contributed by atoms with E-state index in [0.29, 0.717) is 24.6 Å². The summed E-state index contributed by atoms with van der Waals surface area (Å²) in [4.78, 5) is 27.0. The molecule has 0 spiro atoms. The number of nitrogens with one attached hydrogen (secondary N) is 1. The highest BCUT2D eigenvalue weighted by molar-refractivity contribution is 7.89. The largest absolute Gasteiger partial charge is 0.339 e. The van der Waals surface area contributed by atoms with E-state index in [0.717, 1.165) is 27.6 Å². The normalized spacial score (nSPS) is 15.1. The van der Waals surface area contributed by atoms with Crippen LogP contribution in [0.1, 0.15) is 34.3 Å². The van der Waals surface area contributed by atoms with Gasteiger partial charge >= 0.3 is 0 Å². The Balaban J connectivity index is 1.69. The van der Waals surface area contributed by atoms with E-state index in [1.165, 1.54) is 25.1 Å². The third-order valence-electron chi connectivity index (χ3n) is 5.99. The first-order valence-corrected chi connectivity index (χ1v) is 11.9. The number of benzene rings is 2. The molecule has 1 N–H and O–H groups in total. The second-order valence-electron chi connectivity index (χ2n) is 8.38. The van der Waals surface area contributed by atoms with Gasteiger partial charge in [-0.3, -0.25) is 9.59 Å². The van der Waals surface area contributed by atoms with Crippen molar-refractivity contribution in [2.75, 3.05) is 32.5 Å². The first-order valence-electron chi connectivity index (χ1n) is 10.5. The first kappa shape index (κ1) is 24.8. The Morgan fingerprint density at radius 3 is 2.27 bits per heavy atom. The van der Waals surface area contributed by atoms with E-state index in [1.807, 2.05) is 0 Å². The molecule has 1 saturated heterocycles. The average Bonchev–Trinajstić information content (AvgIpc) is 2.76. The summed E-state index contributed by atoms with van der Waals surface area (Å²) in [5.74, 6) is -2.87. The summed E-state index contributed by atoms with van der Waals surface area (Å²) in [6, 6.07) is 5.84. The zero-order chi connectivity index (χ0) is 24.5. The van der Waals surface area contributed by atoms with Crippen LogP contribution < -0.4 is 5.32 Å². The Bertz CT molecular complexity index is 1190. The average molecular weight is 480 g/mol. The molecule has 0 aliphatic carbocycles. The zero-order valence-electron chi connectivity index (χ0n) is 19.0. The van der Waals surface area contributed by atoms with Gasteiger partial charge in [-0.15, -0.1) is 0 Å². The molecule has 0 radical (unpaired) electrons. The molecule has 2 aromatic rings. The van der Waals surface area contributed by atoms with Crippen molar-refractivity contribution in [2.24, 2.45) is 5.92 Å². The van der Waals surface area contributed by atoms with Crippen LogP contribution in [0.4, 0.5) is 14.5 Å². The van der Waals surface area contributed by atoms with E-state index in [4.69, 9.17) is 0 Å². The summed E-state index contributed by atoms with van der Waals surface area (Å²) < 4.78 is 53.2. The number of carbonyl (C=O) groups excluding carboxylic acids is 2. The number of anilines is 1. The number of piperidine rings is 1. The van der Waals surface area contributed by atoms with Gasteiger partial charge < -0.3 is 10.2 Å². The number of hydrogen-bond acceptors (Lipinski definition) is 4. The van der Waals surface area contributed by atoms with Crippen LogP contribution >= 0.6 is 0 Å². The molecule has 33 heavy (non-hydrogen) atoms. The highest BCUT2D eigenvalue weighted by atomic mass is 32.2. The summed E-state index contributed by atoms with van der Waals surface area (Å²) in [7, 11) is -0.785. The number of nitrogens with zero attached hydrogens (tertiary/aromatic N) is 2. The number of hydrogen-bond donors (Lipinski definition) is 1. The molecular weight excluding hydrogens is 452 g/mol. The summed E-state index contributed by atoms with van der Waals surface area (Å²) in [5.41, 5.74) is 1.71. The van der Waals surface area contributed by atoms with Gasteiger partial charge in [-0.25, -0.2) is 21.5 Å². The molecule has 0 unspecified atom stereocenters. The van der Waals surface area contributed by atoms with Crippen LogP contribution in [-0.2, 0) is 14.8 Å². The van der Waals surface area contributed by atoms with Crippen molar-refractivity contribution >= 4 is 27.5 Å². The Morgan fingerprint density at radius 2 is 1.70 bits per heavy atom. The fraction of sp³-hybridized carbons (Fsp3) is 0.391. The van der Waals surface area contributed by atoms with Crippen LogP contribution in [0, 0.1) is 31.4 Å². The van der Waals surface area contributed by atoms with Crippen molar-refractivity contribution in [3.8, 4) is 0 Å². The van der Waals surface area contributed by atoms with Crippen LogP contribution in [0.3, 0.4) is 0 Å². The van der Waals surface area contributed by atoms with E-state index >= 15 is 0 Å². The van der Waals surface area contributed by atoms with E-state index in [-0.39, 0.29) is 35.4 Å². The lowest BCUT2D eigenvalue weighted by molar-refractivity contribution is -0.121. The monoisotopic (exact) mass is 479 g/mol. The number of sulfonamides is 1. The Morgan fingerprint density at radius 1 is 1.06 bits per heavy atom. The molecule has 0 atom stereocenters. The molecule has 2 amide bonds. The van der Waals surface area contributed by atoms with Gasteiger partial charge in [0.2, 0.25) is 15.9 Å². The summed E-state index contributed by atoms with van der Waals surface area (Å²) in [6.45, 7) is 4.08. The molecule has 178 valence electrons. The minimum atomic E-state index is -3.66. The lowest BCUT2D eigenvalue weighted by atomic mass is 9.95. The van der Waals surface area contributed by atoms with E-state index < -0.39 is 27.6 Å². The van der Waals surface area contributed by atoms with Crippen molar-refractivity contribution in [3.63, 3.8) is 0 Å². The van der Waals surface area contributed by atoms with Crippen LogP contribution in [-0.4, -0.2) is 56.6 Å². The Labute approximate surface area is 192 Å². The molecule has 3 rings (SSSR count). The van der Waals surface area contributed by atoms with E-state index in [1.54, 1.807) is 19.9 Å². The fourth-order valence-corrected chi connectivity index (χ4v) is 4.74. The second-order valence-corrected chi connectivity index (χ2v) is 10.5.